The zero-order valence-electron chi connectivity index (χ0n) is 12.5. The van der Waals surface area contributed by atoms with E-state index in [2.05, 4.69) is 0 Å². The number of benzene rings is 1. The standard InChI is InChI=1S/C15H23N3O3/c1-3-13(15(20)21-4-2)18(10-14(17)19)9-11-6-5-7-12(16)8-11/h5-8,13H,3-4,9-10,16H2,1-2H3,(H2,17,19). The van der Waals surface area contributed by atoms with Gasteiger partial charge in [-0.25, -0.2) is 0 Å². The summed E-state index contributed by atoms with van der Waals surface area (Å²) >= 11 is 0. The van der Waals surface area contributed by atoms with Crippen molar-refractivity contribution in [1.29, 1.82) is 0 Å². The minimum Gasteiger partial charge on any atom is -0.465 e. The molecule has 0 aliphatic heterocycles. The van der Waals surface area contributed by atoms with Gasteiger partial charge in [-0.15, -0.1) is 0 Å². The maximum absolute atomic E-state index is 12.0. The normalized spacial score (nSPS) is 12.1. The Hall–Kier alpha value is -2.08. The summed E-state index contributed by atoms with van der Waals surface area (Å²) in [7, 11) is 0. The number of nitrogens with two attached hydrogens (primary N) is 2. The summed E-state index contributed by atoms with van der Waals surface area (Å²) in [6, 6.07) is 6.82. The first-order valence-corrected chi connectivity index (χ1v) is 7.01. The number of anilines is 1. The highest BCUT2D eigenvalue weighted by molar-refractivity contribution is 5.79. The number of primary amides is 1. The van der Waals surface area contributed by atoms with Crippen LogP contribution in [0.5, 0.6) is 0 Å². The summed E-state index contributed by atoms with van der Waals surface area (Å²) in [4.78, 5) is 25.0. The van der Waals surface area contributed by atoms with Crippen LogP contribution in [0.2, 0.25) is 0 Å². The summed E-state index contributed by atoms with van der Waals surface area (Å²) < 4.78 is 5.06. The van der Waals surface area contributed by atoms with Crippen LogP contribution in [0, 0.1) is 0 Å². The highest BCUT2D eigenvalue weighted by Gasteiger charge is 2.26. The molecule has 21 heavy (non-hydrogen) atoms. The van der Waals surface area contributed by atoms with E-state index in [-0.39, 0.29) is 12.5 Å². The van der Waals surface area contributed by atoms with E-state index in [9.17, 15) is 9.59 Å². The fraction of sp³-hybridized carbons (Fsp3) is 0.467. The van der Waals surface area contributed by atoms with Crippen LogP contribution in [0.4, 0.5) is 5.69 Å². The molecule has 0 fully saturated rings. The summed E-state index contributed by atoms with van der Waals surface area (Å²) in [6.45, 7) is 4.32. The SMILES string of the molecule is CCOC(=O)C(CC)N(CC(N)=O)Cc1cccc(N)c1. The highest BCUT2D eigenvalue weighted by atomic mass is 16.5. The Kier molecular flexibility index (Phi) is 6.68. The maximum atomic E-state index is 12.0. The van der Waals surface area contributed by atoms with Gasteiger partial charge in [0.05, 0.1) is 13.2 Å². The summed E-state index contributed by atoms with van der Waals surface area (Å²) in [5.74, 6) is -0.827. The van der Waals surface area contributed by atoms with E-state index in [1.165, 1.54) is 0 Å². The van der Waals surface area contributed by atoms with Crippen LogP contribution < -0.4 is 11.5 Å². The molecule has 1 aromatic rings. The lowest BCUT2D eigenvalue weighted by molar-refractivity contribution is -0.150. The molecule has 1 aromatic carbocycles. The quantitative estimate of drug-likeness (QED) is 0.548. The maximum Gasteiger partial charge on any atom is 0.323 e. The van der Waals surface area contributed by atoms with Gasteiger partial charge in [-0.05, 0) is 31.0 Å². The first-order valence-electron chi connectivity index (χ1n) is 7.01. The van der Waals surface area contributed by atoms with Crippen molar-refractivity contribution in [2.75, 3.05) is 18.9 Å². The van der Waals surface area contributed by atoms with Crippen molar-refractivity contribution in [1.82, 2.24) is 4.90 Å². The molecule has 0 bridgehead atoms. The van der Waals surface area contributed by atoms with Crippen molar-refractivity contribution in [3.8, 4) is 0 Å². The Bertz CT molecular complexity index is 491. The van der Waals surface area contributed by atoms with Gasteiger partial charge in [0.15, 0.2) is 0 Å². The third-order valence-corrected chi connectivity index (χ3v) is 3.08. The van der Waals surface area contributed by atoms with Gasteiger partial charge in [-0.2, -0.15) is 0 Å². The van der Waals surface area contributed by atoms with Crippen molar-refractivity contribution in [3.05, 3.63) is 29.8 Å². The van der Waals surface area contributed by atoms with E-state index in [1.807, 2.05) is 25.1 Å². The van der Waals surface area contributed by atoms with Crippen LogP contribution in [0.25, 0.3) is 0 Å². The summed E-state index contributed by atoms with van der Waals surface area (Å²) in [5.41, 5.74) is 12.6. The van der Waals surface area contributed by atoms with Crippen molar-refractivity contribution in [3.63, 3.8) is 0 Å². The zero-order chi connectivity index (χ0) is 15.8. The minimum absolute atomic E-state index is 0.00782. The highest BCUT2D eigenvalue weighted by Crippen LogP contribution is 2.14. The molecule has 0 saturated carbocycles. The number of ether oxygens (including phenoxy) is 1. The van der Waals surface area contributed by atoms with Gasteiger partial charge in [0.2, 0.25) is 5.91 Å². The third kappa shape index (κ3) is 5.43. The van der Waals surface area contributed by atoms with Crippen molar-refractivity contribution in [2.45, 2.75) is 32.9 Å². The minimum atomic E-state index is -0.501. The van der Waals surface area contributed by atoms with E-state index in [0.717, 1.165) is 5.56 Å². The van der Waals surface area contributed by atoms with Gasteiger partial charge in [0.25, 0.3) is 0 Å². The molecule has 1 atom stereocenters. The van der Waals surface area contributed by atoms with Gasteiger partial charge in [-0.1, -0.05) is 19.1 Å². The molecular weight excluding hydrogens is 270 g/mol. The van der Waals surface area contributed by atoms with Crippen LogP contribution in [0.1, 0.15) is 25.8 Å². The van der Waals surface area contributed by atoms with Crippen LogP contribution in [0.15, 0.2) is 24.3 Å². The first-order chi connectivity index (χ1) is 9.97. The van der Waals surface area contributed by atoms with Gasteiger partial charge >= 0.3 is 5.97 Å². The second kappa shape index (κ2) is 8.26. The second-order valence-corrected chi connectivity index (χ2v) is 4.79. The van der Waals surface area contributed by atoms with Crippen molar-refractivity contribution in [2.24, 2.45) is 5.73 Å². The van der Waals surface area contributed by atoms with Crippen molar-refractivity contribution < 1.29 is 14.3 Å². The van der Waals surface area contributed by atoms with E-state index < -0.39 is 11.9 Å². The molecule has 1 unspecified atom stereocenters. The molecule has 116 valence electrons. The Morgan fingerprint density at radius 3 is 2.57 bits per heavy atom. The lowest BCUT2D eigenvalue weighted by atomic mass is 10.1. The summed E-state index contributed by atoms with van der Waals surface area (Å²) in [5, 5.41) is 0. The molecule has 6 nitrogen and oxygen atoms in total. The number of carbonyl (C=O) groups is 2. The molecule has 1 rings (SSSR count). The van der Waals surface area contributed by atoms with Gasteiger partial charge < -0.3 is 16.2 Å². The number of carbonyl (C=O) groups excluding carboxylic acids is 2. The molecule has 0 aliphatic carbocycles. The Balaban J connectivity index is 2.92. The first kappa shape index (κ1) is 17.0. The summed E-state index contributed by atoms with van der Waals surface area (Å²) in [6.07, 6.45) is 0.536. The average Bonchev–Trinajstić information content (AvgIpc) is 2.39. The fourth-order valence-electron chi connectivity index (χ4n) is 2.21. The largest absolute Gasteiger partial charge is 0.465 e. The van der Waals surface area contributed by atoms with Crippen molar-refractivity contribution >= 4 is 17.6 Å². The molecule has 0 heterocycles. The predicted octanol–water partition coefficient (Wildman–Crippen LogP) is 0.898. The number of nitrogen functional groups attached to an aromatic ring is 1. The zero-order valence-corrected chi connectivity index (χ0v) is 12.5. The number of esters is 1. The number of hydrogen-bond donors (Lipinski definition) is 2. The average molecular weight is 293 g/mol. The lowest BCUT2D eigenvalue weighted by Gasteiger charge is -2.28. The predicted molar refractivity (Wildman–Crippen MR) is 81.2 cm³/mol. The number of nitrogens with zero attached hydrogens (tertiary/aromatic N) is 1. The molecule has 0 saturated heterocycles. The van der Waals surface area contributed by atoms with Gasteiger partial charge in [-0.3, -0.25) is 14.5 Å². The topological polar surface area (TPSA) is 98.6 Å². The fourth-order valence-corrected chi connectivity index (χ4v) is 2.21. The molecule has 0 radical (unpaired) electrons. The van der Waals surface area contributed by atoms with Crippen LogP contribution in [-0.4, -0.2) is 36.0 Å². The van der Waals surface area contributed by atoms with E-state index in [0.29, 0.717) is 25.3 Å². The molecule has 0 aliphatic rings. The van der Waals surface area contributed by atoms with Crippen LogP contribution in [-0.2, 0) is 20.9 Å². The third-order valence-electron chi connectivity index (χ3n) is 3.08. The lowest BCUT2D eigenvalue weighted by Crippen LogP contribution is -2.45. The van der Waals surface area contributed by atoms with Gasteiger partial charge in [0, 0.05) is 12.2 Å². The van der Waals surface area contributed by atoms with E-state index >= 15 is 0 Å². The smallest absolute Gasteiger partial charge is 0.323 e. The van der Waals surface area contributed by atoms with E-state index in [4.69, 9.17) is 16.2 Å². The monoisotopic (exact) mass is 293 g/mol. The van der Waals surface area contributed by atoms with Crippen LogP contribution >= 0.6 is 0 Å². The Labute approximate surface area is 125 Å². The van der Waals surface area contributed by atoms with E-state index in [1.54, 1.807) is 17.9 Å². The number of rotatable bonds is 8. The molecule has 1 amide bonds. The Morgan fingerprint density at radius 1 is 1.33 bits per heavy atom. The second-order valence-electron chi connectivity index (χ2n) is 4.79. The Morgan fingerprint density at radius 2 is 2.05 bits per heavy atom. The molecule has 6 heteroatoms. The van der Waals surface area contributed by atoms with Gasteiger partial charge in [0.1, 0.15) is 6.04 Å². The molecule has 0 aromatic heterocycles. The number of hydrogen-bond acceptors (Lipinski definition) is 5. The molecule has 0 spiro atoms. The molecular formula is C15H23N3O3. The molecule has 4 N–H and O–H groups in total. The number of amides is 1. The van der Waals surface area contributed by atoms with Crippen LogP contribution in [0.3, 0.4) is 0 Å².